The summed E-state index contributed by atoms with van der Waals surface area (Å²) in [6.07, 6.45) is 1.33. The maximum absolute atomic E-state index is 12.4. The molecule has 3 heterocycles. The molecule has 0 aromatic carbocycles. The minimum atomic E-state index is -0.583. The van der Waals surface area contributed by atoms with E-state index in [0.717, 1.165) is 0 Å². The number of ether oxygens (including phenoxy) is 1. The molecule has 1 aliphatic rings. The third-order valence-corrected chi connectivity index (χ3v) is 3.41. The van der Waals surface area contributed by atoms with E-state index in [1.165, 1.54) is 4.90 Å². The number of hydrogen-bond acceptors (Lipinski definition) is 5. The monoisotopic (exact) mass is 317 g/mol. The number of fused-ring (bicyclic) bond motifs is 1. The van der Waals surface area contributed by atoms with Gasteiger partial charge in [-0.1, -0.05) is 6.07 Å². The van der Waals surface area contributed by atoms with E-state index in [4.69, 9.17) is 4.74 Å². The molecule has 23 heavy (non-hydrogen) atoms. The van der Waals surface area contributed by atoms with Crippen molar-refractivity contribution in [2.45, 2.75) is 26.4 Å². The average molecular weight is 317 g/mol. The molecule has 122 valence electrons. The number of nitrogens with zero attached hydrogens (tertiary/aromatic N) is 5. The molecule has 0 bridgehead atoms. The maximum atomic E-state index is 12.4. The van der Waals surface area contributed by atoms with Crippen molar-refractivity contribution in [1.29, 1.82) is 0 Å². The second-order valence-electron chi connectivity index (χ2n) is 6.38. The van der Waals surface area contributed by atoms with Gasteiger partial charge >= 0.3 is 6.09 Å². The van der Waals surface area contributed by atoms with Crippen LogP contribution in [0.15, 0.2) is 24.4 Å². The van der Waals surface area contributed by atoms with Gasteiger partial charge in [0.15, 0.2) is 5.65 Å². The minimum Gasteiger partial charge on any atom is -0.444 e. The lowest BCUT2D eigenvalue weighted by Crippen LogP contribution is -2.53. The smallest absolute Gasteiger partial charge is 0.410 e. The fourth-order valence-electron chi connectivity index (χ4n) is 2.38. The Morgan fingerprint density at radius 3 is 2.70 bits per heavy atom. The first-order valence-corrected chi connectivity index (χ1v) is 7.43. The standard InChI is InChI=1S/C15H19N5O3/c1-15(2,3)23-14(22)18-8-9-20(12(21)10-18)13-17-16-11-6-4-5-7-19(11)13/h4-7H,8-10H2,1-3H3. The highest BCUT2D eigenvalue weighted by Gasteiger charge is 2.32. The number of pyridine rings is 1. The van der Waals surface area contributed by atoms with Crippen molar-refractivity contribution in [1.82, 2.24) is 19.5 Å². The van der Waals surface area contributed by atoms with Crippen LogP contribution in [0, 0.1) is 0 Å². The topological polar surface area (TPSA) is 80.0 Å². The van der Waals surface area contributed by atoms with Crippen LogP contribution >= 0.6 is 0 Å². The van der Waals surface area contributed by atoms with Crippen LogP contribution in [0.25, 0.3) is 5.65 Å². The molecule has 1 saturated heterocycles. The number of hydrogen-bond donors (Lipinski definition) is 0. The Labute approximate surface area is 133 Å². The molecule has 2 aromatic heterocycles. The van der Waals surface area contributed by atoms with Gasteiger partial charge in [0.2, 0.25) is 11.9 Å². The normalized spacial score (nSPS) is 16.0. The van der Waals surface area contributed by atoms with Crippen molar-refractivity contribution >= 4 is 23.6 Å². The maximum Gasteiger partial charge on any atom is 0.410 e. The zero-order valence-electron chi connectivity index (χ0n) is 13.4. The SMILES string of the molecule is CC(C)(C)OC(=O)N1CCN(c2nnc3ccccn23)C(=O)C1. The van der Waals surface area contributed by atoms with Crippen LogP contribution < -0.4 is 4.90 Å². The first-order chi connectivity index (χ1) is 10.8. The molecule has 0 aliphatic carbocycles. The molecule has 0 spiro atoms. The second-order valence-corrected chi connectivity index (χ2v) is 6.38. The third-order valence-electron chi connectivity index (χ3n) is 3.41. The molecule has 0 radical (unpaired) electrons. The molecule has 0 N–H and O–H groups in total. The summed E-state index contributed by atoms with van der Waals surface area (Å²) in [4.78, 5) is 27.4. The number of rotatable bonds is 1. The van der Waals surface area contributed by atoms with Crippen LogP contribution in [-0.2, 0) is 9.53 Å². The summed E-state index contributed by atoms with van der Waals surface area (Å²) >= 11 is 0. The van der Waals surface area contributed by atoms with E-state index in [-0.39, 0.29) is 12.5 Å². The molecule has 2 aromatic rings. The van der Waals surface area contributed by atoms with E-state index < -0.39 is 11.7 Å². The van der Waals surface area contributed by atoms with Crippen molar-refractivity contribution in [3.63, 3.8) is 0 Å². The molecule has 0 unspecified atom stereocenters. The predicted octanol–water partition coefficient (Wildman–Crippen LogP) is 1.31. The van der Waals surface area contributed by atoms with Gasteiger partial charge in [-0.15, -0.1) is 10.2 Å². The summed E-state index contributed by atoms with van der Waals surface area (Å²) < 4.78 is 7.06. The average Bonchev–Trinajstić information content (AvgIpc) is 2.89. The highest BCUT2D eigenvalue weighted by molar-refractivity contribution is 5.96. The van der Waals surface area contributed by atoms with Gasteiger partial charge in [0.1, 0.15) is 12.1 Å². The Bertz CT molecular complexity index is 749. The van der Waals surface area contributed by atoms with Gasteiger partial charge in [-0.3, -0.25) is 19.0 Å². The van der Waals surface area contributed by atoms with Gasteiger partial charge in [-0.05, 0) is 32.9 Å². The Morgan fingerprint density at radius 2 is 2.00 bits per heavy atom. The molecule has 8 heteroatoms. The van der Waals surface area contributed by atoms with Gasteiger partial charge in [0, 0.05) is 19.3 Å². The molecule has 3 rings (SSSR count). The van der Waals surface area contributed by atoms with E-state index in [2.05, 4.69) is 10.2 Å². The lowest BCUT2D eigenvalue weighted by Gasteiger charge is -2.34. The van der Waals surface area contributed by atoms with E-state index in [1.54, 1.807) is 36.3 Å². The van der Waals surface area contributed by atoms with Crippen LogP contribution in [0.5, 0.6) is 0 Å². The summed E-state index contributed by atoms with van der Waals surface area (Å²) in [6, 6.07) is 5.52. The Kier molecular flexibility index (Phi) is 3.67. The van der Waals surface area contributed by atoms with Crippen LogP contribution in [0.4, 0.5) is 10.7 Å². The van der Waals surface area contributed by atoms with Crippen molar-refractivity contribution in [2.75, 3.05) is 24.5 Å². The predicted molar refractivity (Wildman–Crippen MR) is 83.1 cm³/mol. The number of carbonyl (C=O) groups excluding carboxylic acids is 2. The van der Waals surface area contributed by atoms with Gasteiger partial charge in [-0.25, -0.2) is 4.79 Å². The van der Waals surface area contributed by atoms with Gasteiger partial charge in [-0.2, -0.15) is 0 Å². The lowest BCUT2D eigenvalue weighted by atomic mass is 10.2. The highest BCUT2D eigenvalue weighted by Crippen LogP contribution is 2.18. The number of anilines is 1. The molecule has 8 nitrogen and oxygen atoms in total. The van der Waals surface area contributed by atoms with Crippen molar-refractivity contribution in [2.24, 2.45) is 0 Å². The number of piperazine rings is 1. The van der Waals surface area contributed by atoms with E-state index in [9.17, 15) is 9.59 Å². The molecular formula is C15H19N5O3. The van der Waals surface area contributed by atoms with Crippen LogP contribution in [0.2, 0.25) is 0 Å². The summed E-state index contributed by atoms with van der Waals surface area (Å²) in [5, 5.41) is 8.13. The first kappa shape index (κ1) is 15.3. The van der Waals surface area contributed by atoms with E-state index in [1.807, 2.05) is 18.2 Å². The molecule has 1 aliphatic heterocycles. The molecule has 1 fully saturated rings. The summed E-state index contributed by atoms with van der Waals surface area (Å²) in [5.41, 5.74) is 0.0883. The first-order valence-electron chi connectivity index (χ1n) is 7.43. The summed E-state index contributed by atoms with van der Waals surface area (Å²) in [6.45, 7) is 6.11. The van der Waals surface area contributed by atoms with Crippen molar-refractivity contribution in [3.05, 3.63) is 24.4 Å². The van der Waals surface area contributed by atoms with Crippen molar-refractivity contribution < 1.29 is 14.3 Å². The number of amides is 2. The molecule has 0 saturated carbocycles. The Hall–Kier alpha value is -2.64. The fraction of sp³-hybridized carbons (Fsp3) is 0.467. The molecule has 0 atom stereocenters. The molecular weight excluding hydrogens is 298 g/mol. The van der Waals surface area contributed by atoms with E-state index >= 15 is 0 Å². The second kappa shape index (κ2) is 5.53. The minimum absolute atomic E-state index is 0.0311. The van der Waals surface area contributed by atoms with Crippen LogP contribution in [-0.4, -0.2) is 56.7 Å². The summed E-state index contributed by atoms with van der Waals surface area (Å²) in [5.74, 6) is 0.259. The van der Waals surface area contributed by atoms with Crippen LogP contribution in [0.3, 0.4) is 0 Å². The van der Waals surface area contributed by atoms with Gasteiger partial charge in [0.25, 0.3) is 0 Å². The molecule has 2 amide bonds. The number of carbonyl (C=O) groups is 2. The Balaban J connectivity index is 1.74. The van der Waals surface area contributed by atoms with Gasteiger partial charge in [0.05, 0.1) is 0 Å². The zero-order valence-corrected chi connectivity index (χ0v) is 13.4. The van der Waals surface area contributed by atoms with E-state index in [0.29, 0.717) is 24.7 Å². The zero-order chi connectivity index (χ0) is 16.6. The highest BCUT2D eigenvalue weighted by atomic mass is 16.6. The third kappa shape index (κ3) is 3.10. The lowest BCUT2D eigenvalue weighted by molar-refractivity contribution is -0.121. The summed E-state index contributed by atoms with van der Waals surface area (Å²) in [7, 11) is 0. The number of aromatic nitrogens is 3. The largest absolute Gasteiger partial charge is 0.444 e. The van der Waals surface area contributed by atoms with Gasteiger partial charge < -0.3 is 4.74 Å². The Morgan fingerprint density at radius 1 is 1.22 bits per heavy atom. The van der Waals surface area contributed by atoms with Crippen molar-refractivity contribution in [3.8, 4) is 0 Å². The van der Waals surface area contributed by atoms with Crippen LogP contribution in [0.1, 0.15) is 20.8 Å². The quantitative estimate of drug-likeness (QED) is 0.792. The fourth-order valence-corrected chi connectivity index (χ4v) is 2.38.